The van der Waals surface area contributed by atoms with Gasteiger partial charge in [-0.15, -0.1) is 0 Å². The second kappa shape index (κ2) is 7.27. The van der Waals surface area contributed by atoms with Crippen LogP contribution < -0.4 is 9.46 Å². The Kier molecular flexibility index (Phi) is 4.77. The highest BCUT2D eigenvalue weighted by molar-refractivity contribution is 7.89. The molecule has 146 valence electrons. The first-order chi connectivity index (χ1) is 13.9. The molecule has 1 N–H and O–H groups in total. The minimum Gasteiger partial charge on any atom is -0.497 e. The summed E-state index contributed by atoms with van der Waals surface area (Å²) in [5.41, 5.74) is 1.64. The third kappa shape index (κ3) is 3.46. The standard InChI is InChI=1S/C22H17NO5S/c1-28-15-6-4-5-14(11-15)13-23-29(26,27)16-9-10-19-20(12-16)22(25)18-8-3-2-7-17(18)21(19)24/h2-12,23H,13H2,1H3. The fraction of sp³-hybridized carbons (Fsp3) is 0.0909. The molecule has 7 heteroatoms. The number of hydrogen-bond acceptors (Lipinski definition) is 5. The third-order valence-corrected chi connectivity index (χ3v) is 6.21. The van der Waals surface area contributed by atoms with Crippen LogP contribution in [0.3, 0.4) is 0 Å². The van der Waals surface area contributed by atoms with E-state index in [-0.39, 0.29) is 39.7 Å². The van der Waals surface area contributed by atoms with Crippen molar-refractivity contribution in [2.24, 2.45) is 0 Å². The molecular weight excluding hydrogens is 390 g/mol. The minimum atomic E-state index is -3.88. The minimum absolute atomic E-state index is 0.0618. The van der Waals surface area contributed by atoms with Gasteiger partial charge >= 0.3 is 0 Å². The van der Waals surface area contributed by atoms with Gasteiger partial charge in [-0.25, -0.2) is 13.1 Å². The molecule has 0 unspecified atom stereocenters. The Hall–Kier alpha value is -3.29. The van der Waals surface area contributed by atoms with Gasteiger partial charge in [0, 0.05) is 28.8 Å². The van der Waals surface area contributed by atoms with E-state index in [4.69, 9.17) is 4.74 Å². The number of ether oxygens (including phenoxy) is 1. The molecule has 0 fully saturated rings. The summed E-state index contributed by atoms with van der Waals surface area (Å²) in [7, 11) is -2.35. The molecule has 1 aliphatic carbocycles. The molecule has 4 rings (SSSR count). The van der Waals surface area contributed by atoms with Crippen LogP contribution in [0.5, 0.6) is 5.75 Å². The largest absolute Gasteiger partial charge is 0.497 e. The van der Waals surface area contributed by atoms with E-state index in [1.807, 2.05) is 0 Å². The van der Waals surface area contributed by atoms with Crippen LogP contribution in [0.2, 0.25) is 0 Å². The summed E-state index contributed by atoms with van der Waals surface area (Å²) in [6.07, 6.45) is 0. The van der Waals surface area contributed by atoms with Gasteiger partial charge in [-0.05, 0) is 35.9 Å². The smallest absolute Gasteiger partial charge is 0.240 e. The first kappa shape index (κ1) is 19.0. The maximum absolute atomic E-state index is 12.8. The number of carbonyl (C=O) groups is 2. The van der Waals surface area contributed by atoms with Gasteiger partial charge in [0.25, 0.3) is 0 Å². The second-order valence-electron chi connectivity index (χ2n) is 6.59. The lowest BCUT2D eigenvalue weighted by atomic mass is 9.84. The van der Waals surface area contributed by atoms with Crippen LogP contribution in [0, 0.1) is 0 Å². The molecule has 0 radical (unpaired) electrons. The third-order valence-electron chi connectivity index (χ3n) is 4.81. The number of carbonyl (C=O) groups excluding carboxylic acids is 2. The number of sulfonamides is 1. The molecule has 0 saturated carbocycles. The van der Waals surface area contributed by atoms with Crippen molar-refractivity contribution in [2.45, 2.75) is 11.4 Å². The van der Waals surface area contributed by atoms with Crippen LogP contribution in [0.25, 0.3) is 0 Å². The topological polar surface area (TPSA) is 89.5 Å². The van der Waals surface area contributed by atoms with Gasteiger partial charge in [-0.2, -0.15) is 0 Å². The normalized spacial score (nSPS) is 13.0. The lowest BCUT2D eigenvalue weighted by Crippen LogP contribution is -2.25. The van der Waals surface area contributed by atoms with Crippen molar-refractivity contribution in [3.63, 3.8) is 0 Å². The van der Waals surface area contributed by atoms with E-state index in [0.29, 0.717) is 11.3 Å². The first-order valence-electron chi connectivity index (χ1n) is 8.86. The zero-order valence-corrected chi connectivity index (χ0v) is 16.3. The molecule has 1 aliphatic rings. The van der Waals surface area contributed by atoms with Crippen LogP contribution in [0.4, 0.5) is 0 Å². The quantitative estimate of drug-likeness (QED) is 0.549. The number of benzene rings is 3. The monoisotopic (exact) mass is 407 g/mol. The molecule has 0 amide bonds. The van der Waals surface area contributed by atoms with E-state index in [2.05, 4.69) is 4.72 Å². The number of ketones is 2. The van der Waals surface area contributed by atoms with Crippen LogP contribution >= 0.6 is 0 Å². The van der Waals surface area contributed by atoms with Gasteiger partial charge in [0.05, 0.1) is 12.0 Å². The molecule has 0 spiro atoms. The highest BCUT2D eigenvalue weighted by Crippen LogP contribution is 2.29. The average molecular weight is 407 g/mol. The van der Waals surface area contributed by atoms with Gasteiger partial charge in [0.1, 0.15) is 5.75 Å². The lowest BCUT2D eigenvalue weighted by molar-refractivity contribution is 0.0979. The summed E-state index contributed by atoms with van der Waals surface area (Å²) in [5.74, 6) is -0.0261. The fourth-order valence-electron chi connectivity index (χ4n) is 3.29. The van der Waals surface area contributed by atoms with Crippen molar-refractivity contribution in [1.82, 2.24) is 4.72 Å². The van der Waals surface area contributed by atoms with Crippen molar-refractivity contribution < 1.29 is 22.7 Å². The Balaban J connectivity index is 1.64. The molecule has 0 bridgehead atoms. The number of methoxy groups -OCH3 is 1. The van der Waals surface area contributed by atoms with Crippen LogP contribution in [0.1, 0.15) is 37.4 Å². The van der Waals surface area contributed by atoms with Crippen LogP contribution in [-0.4, -0.2) is 27.1 Å². The Labute approximate surface area is 168 Å². The van der Waals surface area contributed by atoms with Gasteiger partial charge in [0.2, 0.25) is 10.0 Å². The van der Waals surface area contributed by atoms with E-state index >= 15 is 0 Å². The molecule has 0 atom stereocenters. The van der Waals surface area contributed by atoms with Gasteiger partial charge in [-0.3, -0.25) is 9.59 Å². The molecule has 3 aromatic rings. The lowest BCUT2D eigenvalue weighted by Gasteiger charge is -2.18. The van der Waals surface area contributed by atoms with Gasteiger partial charge in [0.15, 0.2) is 11.6 Å². The van der Waals surface area contributed by atoms with E-state index in [1.165, 1.54) is 25.3 Å². The summed E-state index contributed by atoms with van der Waals surface area (Å²) in [4.78, 5) is 25.4. The van der Waals surface area contributed by atoms with Crippen molar-refractivity contribution >= 4 is 21.6 Å². The van der Waals surface area contributed by atoms with Gasteiger partial charge < -0.3 is 4.74 Å². The zero-order chi connectivity index (χ0) is 20.6. The van der Waals surface area contributed by atoms with Crippen molar-refractivity contribution in [1.29, 1.82) is 0 Å². The molecule has 0 aliphatic heterocycles. The number of fused-ring (bicyclic) bond motifs is 2. The highest BCUT2D eigenvalue weighted by atomic mass is 32.2. The van der Waals surface area contributed by atoms with Crippen LogP contribution in [0.15, 0.2) is 71.6 Å². The molecule has 6 nitrogen and oxygen atoms in total. The Morgan fingerprint density at radius 1 is 0.793 bits per heavy atom. The predicted molar refractivity (Wildman–Crippen MR) is 107 cm³/mol. The maximum atomic E-state index is 12.8. The maximum Gasteiger partial charge on any atom is 0.240 e. The Morgan fingerprint density at radius 3 is 2.14 bits per heavy atom. The van der Waals surface area contributed by atoms with E-state index in [1.54, 1.807) is 48.5 Å². The summed E-state index contributed by atoms with van der Waals surface area (Å²) < 4.78 is 33.1. The van der Waals surface area contributed by atoms with Crippen LogP contribution in [-0.2, 0) is 16.6 Å². The zero-order valence-electron chi connectivity index (χ0n) is 15.5. The van der Waals surface area contributed by atoms with Crippen molar-refractivity contribution in [3.8, 4) is 5.75 Å². The van der Waals surface area contributed by atoms with Gasteiger partial charge in [-0.1, -0.05) is 36.4 Å². The van der Waals surface area contributed by atoms with E-state index in [9.17, 15) is 18.0 Å². The first-order valence-corrected chi connectivity index (χ1v) is 10.3. The molecule has 0 saturated heterocycles. The Morgan fingerprint density at radius 2 is 1.45 bits per heavy atom. The van der Waals surface area contributed by atoms with E-state index < -0.39 is 10.0 Å². The SMILES string of the molecule is COc1cccc(CNS(=O)(=O)c2ccc3c(c2)C(=O)c2ccccc2C3=O)c1. The summed E-state index contributed by atoms with van der Waals surface area (Å²) >= 11 is 0. The van der Waals surface area contributed by atoms with Crippen molar-refractivity contribution in [2.75, 3.05) is 7.11 Å². The summed E-state index contributed by atoms with van der Waals surface area (Å²) in [6.45, 7) is 0.0618. The second-order valence-corrected chi connectivity index (χ2v) is 8.35. The summed E-state index contributed by atoms with van der Waals surface area (Å²) in [5, 5.41) is 0. The van der Waals surface area contributed by atoms with E-state index in [0.717, 1.165) is 5.56 Å². The van der Waals surface area contributed by atoms with Crippen molar-refractivity contribution in [3.05, 3.63) is 94.5 Å². The average Bonchev–Trinajstić information content (AvgIpc) is 2.76. The molecule has 0 aromatic heterocycles. The number of nitrogens with one attached hydrogen (secondary N) is 1. The molecular formula is C22H17NO5S. The Bertz CT molecular complexity index is 1250. The molecule has 3 aromatic carbocycles. The molecule has 0 heterocycles. The number of rotatable bonds is 5. The fourth-order valence-corrected chi connectivity index (χ4v) is 4.33. The molecule has 29 heavy (non-hydrogen) atoms. The number of hydrogen-bond donors (Lipinski definition) is 1. The summed E-state index contributed by atoms with van der Waals surface area (Å²) in [6, 6.07) is 17.6. The highest BCUT2D eigenvalue weighted by Gasteiger charge is 2.30. The predicted octanol–water partition coefficient (Wildman–Crippen LogP) is 2.95.